The van der Waals surface area contributed by atoms with E-state index in [1.54, 1.807) is 12.1 Å². The summed E-state index contributed by atoms with van der Waals surface area (Å²) in [5.74, 6) is 1.54. The molecular formula is C22H28N6O4. The number of benzene rings is 1. The van der Waals surface area contributed by atoms with Crippen molar-refractivity contribution in [3.05, 3.63) is 46.1 Å². The molecule has 0 saturated carbocycles. The van der Waals surface area contributed by atoms with Gasteiger partial charge in [0.2, 0.25) is 5.91 Å². The van der Waals surface area contributed by atoms with Crippen molar-refractivity contribution in [3.63, 3.8) is 0 Å². The quantitative estimate of drug-likeness (QED) is 0.493. The first-order valence-electron chi connectivity index (χ1n) is 11.0. The number of morpholine rings is 1. The van der Waals surface area contributed by atoms with Gasteiger partial charge in [0.25, 0.3) is 5.69 Å². The van der Waals surface area contributed by atoms with Crippen LogP contribution in [0.2, 0.25) is 0 Å². The number of amides is 1. The van der Waals surface area contributed by atoms with Crippen molar-refractivity contribution in [1.82, 2.24) is 19.8 Å². The number of ether oxygens (including phenoxy) is 1. The lowest BCUT2D eigenvalue weighted by molar-refractivity contribution is -0.384. The van der Waals surface area contributed by atoms with Crippen LogP contribution in [0.5, 0.6) is 0 Å². The van der Waals surface area contributed by atoms with E-state index in [1.165, 1.54) is 12.1 Å². The number of nitrogens with zero attached hydrogens (tertiary/aromatic N) is 6. The fourth-order valence-corrected chi connectivity index (χ4v) is 3.92. The third-order valence-electron chi connectivity index (χ3n) is 5.88. The Labute approximate surface area is 187 Å². The highest BCUT2D eigenvalue weighted by Gasteiger charge is 2.24. The second kappa shape index (κ2) is 10.0. The van der Waals surface area contributed by atoms with E-state index < -0.39 is 4.92 Å². The summed E-state index contributed by atoms with van der Waals surface area (Å²) in [6.45, 7) is 8.18. The molecule has 0 spiro atoms. The van der Waals surface area contributed by atoms with Crippen LogP contribution in [-0.4, -0.2) is 89.6 Å². The molecule has 2 aromatic rings. The fourth-order valence-electron chi connectivity index (χ4n) is 3.92. The standard InChI is InChI=1S/C22H28N6O4/c1-2-18-15-20(24-22(23-18)17-3-5-19(6-4-17)28(30)31)26-7-9-27(10-8-26)21(29)16-25-11-13-32-14-12-25/h3-6,15H,2,7-14,16H2,1H3. The average Bonchev–Trinajstić information content (AvgIpc) is 2.84. The number of carbonyl (C=O) groups excluding carboxylic acids is 1. The van der Waals surface area contributed by atoms with Crippen LogP contribution in [0, 0.1) is 10.1 Å². The highest BCUT2D eigenvalue weighted by molar-refractivity contribution is 5.78. The molecule has 10 heteroatoms. The van der Waals surface area contributed by atoms with Crippen LogP contribution in [0.3, 0.4) is 0 Å². The Kier molecular flexibility index (Phi) is 6.91. The molecule has 4 rings (SSSR count). The molecule has 2 fully saturated rings. The SMILES string of the molecule is CCc1cc(N2CCN(C(=O)CN3CCOCC3)CC2)nc(-c2ccc([N+](=O)[O-])cc2)n1. The van der Waals surface area contributed by atoms with E-state index in [-0.39, 0.29) is 11.6 Å². The summed E-state index contributed by atoms with van der Waals surface area (Å²) in [5, 5.41) is 10.9. The molecule has 1 aromatic carbocycles. The van der Waals surface area contributed by atoms with Crippen molar-refractivity contribution in [2.75, 3.05) is 63.9 Å². The predicted molar refractivity (Wildman–Crippen MR) is 120 cm³/mol. The number of hydrogen-bond acceptors (Lipinski definition) is 8. The Morgan fingerprint density at radius 3 is 2.38 bits per heavy atom. The maximum Gasteiger partial charge on any atom is 0.269 e. The number of piperazine rings is 1. The van der Waals surface area contributed by atoms with E-state index in [1.807, 2.05) is 17.9 Å². The molecule has 0 radical (unpaired) electrons. The smallest absolute Gasteiger partial charge is 0.269 e. The van der Waals surface area contributed by atoms with E-state index in [9.17, 15) is 14.9 Å². The predicted octanol–water partition coefficient (Wildman–Crippen LogP) is 1.60. The van der Waals surface area contributed by atoms with Crippen molar-refractivity contribution in [3.8, 4) is 11.4 Å². The number of anilines is 1. The number of nitro benzene ring substituents is 1. The Balaban J connectivity index is 1.43. The fraction of sp³-hybridized carbons (Fsp3) is 0.500. The van der Waals surface area contributed by atoms with Crippen molar-refractivity contribution in [2.24, 2.45) is 0 Å². The van der Waals surface area contributed by atoms with Gasteiger partial charge in [0.15, 0.2) is 5.82 Å². The zero-order valence-electron chi connectivity index (χ0n) is 18.3. The van der Waals surface area contributed by atoms with Gasteiger partial charge in [0.1, 0.15) is 5.82 Å². The van der Waals surface area contributed by atoms with E-state index >= 15 is 0 Å². The van der Waals surface area contributed by atoms with Crippen molar-refractivity contribution in [1.29, 1.82) is 0 Å². The molecule has 10 nitrogen and oxygen atoms in total. The molecule has 3 heterocycles. The first kappa shape index (κ1) is 22.1. The van der Waals surface area contributed by atoms with Gasteiger partial charge in [-0.25, -0.2) is 9.97 Å². The van der Waals surface area contributed by atoms with Gasteiger partial charge < -0.3 is 14.5 Å². The van der Waals surface area contributed by atoms with Gasteiger partial charge in [0, 0.05) is 68.7 Å². The summed E-state index contributed by atoms with van der Waals surface area (Å²) in [6.07, 6.45) is 0.757. The number of rotatable bonds is 6. The minimum atomic E-state index is -0.418. The van der Waals surface area contributed by atoms with Crippen LogP contribution >= 0.6 is 0 Å². The number of aryl methyl sites for hydroxylation is 1. The lowest BCUT2D eigenvalue weighted by atomic mass is 10.2. The van der Waals surface area contributed by atoms with Crippen LogP contribution in [0.15, 0.2) is 30.3 Å². The molecule has 1 aromatic heterocycles. The molecule has 0 aliphatic carbocycles. The van der Waals surface area contributed by atoms with Crippen molar-refractivity contribution >= 4 is 17.4 Å². The maximum absolute atomic E-state index is 12.7. The molecule has 170 valence electrons. The van der Waals surface area contributed by atoms with Gasteiger partial charge in [-0.2, -0.15) is 0 Å². The normalized spacial score (nSPS) is 17.4. The number of non-ortho nitro benzene ring substituents is 1. The zero-order chi connectivity index (χ0) is 22.5. The second-order valence-corrected chi connectivity index (χ2v) is 7.95. The van der Waals surface area contributed by atoms with Crippen LogP contribution in [0.1, 0.15) is 12.6 Å². The summed E-state index contributed by atoms with van der Waals surface area (Å²) in [4.78, 5) is 38.8. The summed E-state index contributed by atoms with van der Waals surface area (Å²) in [7, 11) is 0. The number of nitro groups is 1. The number of carbonyl (C=O) groups is 1. The third-order valence-corrected chi connectivity index (χ3v) is 5.88. The minimum absolute atomic E-state index is 0.0403. The molecular weight excluding hydrogens is 412 g/mol. The first-order valence-corrected chi connectivity index (χ1v) is 11.0. The summed E-state index contributed by atoms with van der Waals surface area (Å²) in [5.41, 5.74) is 1.69. The molecule has 32 heavy (non-hydrogen) atoms. The van der Waals surface area contributed by atoms with Crippen LogP contribution in [0.25, 0.3) is 11.4 Å². The molecule has 2 saturated heterocycles. The van der Waals surface area contributed by atoms with Crippen LogP contribution in [0.4, 0.5) is 11.5 Å². The summed E-state index contributed by atoms with van der Waals surface area (Å²) >= 11 is 0. The summed E-state index contributed by atoms with van der Waals surface area (Å²) in [6, 6.07) is 8.28. The highest BCUT2D eigenvalue weighted by atomic mass is 16.6. The molecule has 1 amide bonds. The Morgan fingerprint density at radius 1 is 1.06 bits per heavy atom. The molecule has 0 atom stereocenters. The van der Waals surface area contributed by atoms with Gasteiger partial charge in [0.05, 0.1) is 24.7 Å². The monoisotopic (exact) mass is 440 g/mol. The first-order chi connectivity index (χ1) is 15.5. The van der Waals surface area contributed by atoms with Crippen LogP contribution < -0.4 is 4.90 Å². The van der Waals surface area contributed by atoms with Gasteiger partial charge in [-0.05, 0) is 18.6 Å². The summed E-state index contributed by atoms with van der Waals surface area (Å²) < 4.78 is 5.35. The van der Waals surface area contributed by atoms with Gasteiger partial charge >= 0.3 is 0 Å². The van der Waals surface area contributed by atoms with Crippen LogP contribution in [-0.2, 0) is 16.0 Å². The molecule has 0 unspecified atom stereocenters. The Hall–Kier alpha value is -3.11. The minimum Gasteiger partial charge on any atom is -0.379 e. The highest BCUT2D eigenvalue weighted by Crippen LogP contribution is 2.24. The third kappa shape index (κ3) is 5.20. The van der Waals surface area contributed by atoms with Crippen molar-refractivity contribution < 1.29 is 14.5 Å². The van der Waals surface area contributed by atoms with Gasteiger partial charge in [-0.1, -0.05) is 6.92 Å². The zero-order valence-corrected chi connectivity index (χ0v) is 18.3. The number of aromatic nitrogens is 2. The lowest BCUT2D eigenvalue weighted by Crippen LogP contribution is -2.52. The Morgan fingerprint density at radius 2 is 1.75 bits per heavy atom. The molecule has 0 N–H and O–H groups in total. The maximum atomic E-state index is 12.7. The van der Waals surface area contributed by atoms with Gasteiger partial charge in [-0.3, -0.25) is 19.8 Å². The second-order valence-electron chi connectivity index (χ2n) is 7.95. The van der Waals surface area contributed by atoms with Gasteiger partial charge in [-0.15, -0.1) is 0 Å². The average molecular weight is 441 g/mol. The van der Waals surface area contributed by atoms with Crippen molar-refractivity contribution in [2.45, 2.75) is 13.3 Å². The molecule has 2 aliphatic rings. The van der Waals surface area contributed by atoms with E-state index in [0.29, 0.717) is 51.8 Å². The van der Waals surface area contributed by atoms with E-state index in [4.69, 9.17) is 9.72 Å². The molecule has 2 aliphatic heterocycles. The lowest BCUT2D eigenvalue weighted by Gasteiger charge is -2.37. The Bertz CT molecular complexity index is 953. The van der Waals surface area contributed by atoms with E-state index in [0.717, 1.165) is 36.6 Å². The topological polar surface area (TPSA) is 105 Å². The largest absolute Gasteiger partial charge is 0.379 e. The number of hydrogen-bond donors (Lipinski definition) is 0. The van der Waals surface area contributed by atoms with E-state index in [2.05, 4.69) is 14.8 Å². The molecule has 0 bridgehead atoms.